The fourth-order valence-electron chi connectivity index (χ4n) is 2.45. The molecule has 1 aromatic carbocycles. The Hall–Kier alpha value is -1.88. The minimum atomic E-state index is -0.352. The molecule has 1 heterocycles. The van der Waals surface area contributed by atoms with Crippen molar-refractivity contribution < 1.29 is 4.79 Å². The van der Waals surface area contributed by atoms with Gasteiger partial charge in [0.2, 0.25) is 0 Å². The maximum Gasteiger partial charge on any atom is 0.263 e. The van der Waals surface area contributed by atoms with E-state index in [9.17, 15) is 10.1 Å². The lowest BCUT2D eigenvalue weighted by molar-refractivity contribution is -0.117. The molecule has 1 saturated heterocycles. The van der Waals surface area contributed by atoms with E-state index in [2.05, 4.69) is 36.8 Å². The highest BCUT2D eigenvalue weighted by atomic mass is 79.9. The van der Waals surface area contributed by atoms with Gasteiger partial charge in [0.1, 0.15) is 11.6 Å². The van der Waals surface area contributed by atoms with Crippen molar-refractivity contribution in [3.63, 3.8) is 0 Å². The van der Waals surface area contributed by atoms with Crippen LogP contribution in [0.15, 0.2) is 34.4 Å². The Morgan fingerprint density at radius 1 is 1.46 bits per heavy atom. The molecule has 0 saturated carbocycles. The molecule has 0 aliphatic carbocycles. The van der Waals surface area contributed by atoms with Crippen LogP contribution in [0.1, 0.15) is 5.56 Å². The topological polar surface area (TPSA) is 80.2 Å². The lowest BCUT2D eigenvalue weighted by Crippen LogP contribution is -2.46. The standard InChI is InChI=1S/C17H22BrN5O/c1-13-10-15(18)2-3-16(13)22-12-14(11-19)17(24)21-6-9-23-7-4-20-5-8-23/h2-3,10,12,20,22H,4-9H2,1H3,(H,21,24)/b14-12-. The second-order valence-corrected chi connectivity index (χ2v) is 6.54. The van der Waals surface area contributed by atoms with Crippen LogP contribution in [0.25, 0.3) is 0 Å². The highest BCUT2D eigenvalue weighted by molar-refractivity contribution is 9.10. The minimum absolute atomic E-state index is 0.0672. The Kier molecular flexibility index (Phi) is 7.25. The minimum Gasteiger partial charge on any atom is -0.360 e. The Labute approximate surface area is 151 Å². The molecule has 0 atom stereocenters. The van der Waals surface area contributed by atoms with E-state index in [1.165, 1.54) is 6.20 Å². The van der Waals surface area contributed by atoms with Crippen LogP contribution in [-0.2, 0) is 4.79 Å². The van der Waals surface area contributed by atoms with Gasteiger partial charge in [-0.25, -0.2) is 0 Å². The number of benzene rings is 1. The molecule has 2 rings (SSSR count). The molecular weight excluding hydrogens is 370 g/mol. The number of carbonyl (C=O) groups excluding carboxylic acids is 1. The maximum atomic E-state index is 12.1. The SMILES string of the molecule is Cc1cc(Br)ccc1N/C=C(/C#N)C(=O)NCCN1CCNCC1. The summed E-state index contributed by atoms with van der Waals surface area (Å²) in [6.07, 6.45) is 1.45. The lowest BCUT2D eigenvalue weighted by Gasteiger charge is -2.27. The number of nitrogens with one attached hydrogen (secondary N) is 3. The van der Waals surface area contributed by atoms with Crippen molar-refractivity contribution in [1.29, 1.82) is 5.26 Å². The highest BCUT2D eigenvalue weighted by Gasteiger charge is 2.11. The van der Waals surface area contributed by atoms with E-state index in [1.807, 2.05) is 31.2 Å². The number of halogens is 1. The third-order valence-corrected chi connectivity index (χ3v) is 4.34. The van der Waals surface area contributed by atoms with Gasteiger partial charge in [-0.05, 0) is 30.7 Å². The van der Waals surface area contributed by atoms with Crippen LogP contribution in [0.4, 0.5) is 5.69 Å². The summed E-state index contributed by atoms with van der Waals surface area (Å²) >= 11 is 3.41. The summed E-state index contributed by atoms with van der Waals surface area (Å²) in [5.41, 5.74) is 1.95. The number of amides is 1. The number of nitriles is 1. The van der Waals surface area contributed by atoms with Crippen molar-refractivity contribution in [1.82, 2.24) is 15.5 Å². The van der Waals surface area contributed by atoms with Gasteiger partial charge in [-0.3, -0.25) is 9.69 Å². The van der Waals surface area contributed by atoms with Gasteiger partial charge in [-0.15, -0.1) is 0 Å². The van der Waals surface area contributed by atoms with Crippen molar-refractivity contribution in [2.75, 3.05) is 44.6 Å². The first-order valence-corrected chi connectivity index (χ1v) is 8.73. The summed E-state index contributed by atoms with van der Waals surface area (Å²) in [4.78, 5) is 14.4. The number of carbonyl (C=O) groups is 1. The van der Waals surface area contributed by atoms with Gasteiger partial charge < -0.3 is 16.0 Å². The molecule has 24 heavy (non-hydrogen) atoms. The summed E-state index contributed by atoms with van der Waals surface area (Å²) in [6, 6.07) is 7.71. The average molecular weight is 392 g/mol. The molecule has 6 nitrogen and oxygen atoms in total. The predicted molar refractivity (Wildman–Crippen MR) is 98.5 cm³/mol. The molecule has 0 radical (unpaired) electrons. The van der Waals surface area contributed by atoms with Gasteiger partial charge in [0.15, 0.2) is 0 Å². The summed E-state index contributed by atoms with van der Waals surface area (Å²) in [5, 5.41) is 18.3. The van der Waals surface area contributed by atoms with Crippen LogP contribution in [0.3, 0.4) is 0 Å². The maximum absolute atomic E-state index is 12.1. The zero-order valence-corrected chi connectivity index (χ0v) is 15.3. The van der Waals surface area contributed by atoms with Crippen LogP contribution >= 0.6 is 15.9 Å². The monoisotopic (exact) mass is 391 g/mol. The van der Waals surface area contributed by atoms with E-state index in [0.29, 0.717) is 6.54 Å². The normalized spacial score (nSPS) is 15.6. The number of nitrogens with zero attached hydrogens (tertiary/aromatic N) is 2. The molecule has 1 aliphatic heterocycles. The number of hydrogen-bond donors (Lipinski definition) is 3. The van der Waals surface area contributed by atoms with Gasteiger partial charge in [-0.1, -0.05) is 15.9 Å². The fourth-order valence-corrected chi connectivity index (χ4v) is 2.92. The van der Waals surface area contributed by atoms with Gasteiger partial charge in [0.25, 0.3) is 5.91 Å². The van der Waals surface area contributed by atoms with Crippen molar-refractivity contribution in [2.45, 2.75) is 6.92 Å². The number of rotatable bonds is 6. The quantitative estimate of drug-likeness (QED) is 0.506. The van der Waals surface area contributed by atoms with E-state index in [1.54, 1.807) is 0 Å². The lowest BCUT2D eigenvalue weighted by atomic mass is 10.2. The Bertz CT molecular complexity index is 647. The van der Waals surface area contributed by atoms with Crippen LogP contribution in [0, 0.1) is 18.3 Å². The summed E-state index contributed by atoms with van der Waals surface area (Å²) in [6.45, 7) is 7.23. The number of piperazine rings is 1. The fraction of sp³-hybridized carbons (Fsp3) is 0.412. The third-order valence-electron chi connectivity index (χ3n) is 3.85. The van der Waals surface area contributed by atoms with Crippen LogP contribution in [0.2, 0.25) is 0 Å². The van der Waals surface area contributed by atoms with E-state index in [0.717, 1.165) is 48.4 Å². The molecule has 1 fully saturated rings. The first-order chi connectivity index (χ1) is 11.6. The van der Waals surface area contributed by atoms with Gasteiger partial charge in [0, 0.05) is 55.6 Å². The zero-order chi connectivity index (χ0) is 17.4. The van der Waals surface area contributed by atoms with Gasteiger partial charge >= 0.3 is 0 Å². The molecule has 1 amide bonds. The van der Waals surface area contributed by atoms with E-state index in [4.69, 9.17) is 0 Å². The molecule has 7 heteroatoms. The zero-order valence-electron chi connectivity index (χ0n) is 13.7. The Balaban J connectivity index is 1.85. The Morgan fingerprint density at radius 2 is 2.21 bits per heavy atom. The second-order valence-electron chi connectivity index (χ2n) is 5.62. The number of aryl methyl sites for hydroxylation is 1. The molecule has 0 aromatic heterocycles. The van der Waals surface area contributed by atoms with Crippen molar-refractivity contribution in [3.05, 3.63) is 40.0 Å². The first kappa shape index (κ1) is 18.5. The summed E-state index contributed by atoms with van der Waals surface area (Å²) in [5.74, 6) is -0.352. The highest BCUT2D eigenvalue weighted by Crippen LogP contribution is 2.20. The molecular formula is C17H22BrN5O. The Morgan fingerprint density at radius 3 is 2.88 bits per heavy atom. The first-order valence-electron chi connectivity index (χ1n) is 7.94. The third kappa shape index (κ3) is 5.64. The summed E-state index contributed by atoms with van der Waals surface area (Å²) < 4.78 is 0.987. The molecule has 1 aromatic rings. The molecule has 0 bridgehead atoms. The predicted octanol–water partition coefficient (Wildman–Crippen LogP) is 1.60. The van der Waals surface area contributed by atoms with Crippen LogP contribution in [0.5, 0.6) is 0 Å². The smallest absolute Gasteiger partial charge is 0.263 e. The number of anilines is 1. The van der Waals surface area contributed by atoms with E-state index < -0.39 is 0 Å². The van der Waals surface area contributed by atoms with Gasteiger partial charge in [-0.2, -0.15) is 5.26 Å². The van der Waals surface area contributed by atoms with E-state index in [-0.39, 0.29) is 11.5 Å². The average Bonchev–Trinajstić information content (AvgIpc) is 2.58. The molecule has 0 unspecified atom stereocenters. The van der Waals surface area contributed by atoms with Crippen molar-refractivity contribution >= 4 is 27.5 Å². The molecule has 0 spiro atoms. The van der Waals surface area contributed by atoms with Crippen molar-refractivity contribution in [2.24, 2.45) is 0 Å². The largest absolute Gasteiger partial charge is 0.360 e. The molecule has 128 valence electrons. The summed E-state index contributed by atoms with van der Waals surface area (Å²) in [7, 11) is 0. The van der Waals surface area contributed by atoms with Crippen LogP contribution < -0.4 is 16.0 Å². The van der Waals surface area contributed by atoms with Crippen molar-refractivity contribution in [3.8, 4) is 6.07 Å². The second kappa shape index (κ2) is 9.42. The number of hydrogen-bond acceptors (Lipinski definition) is 5. The molecule has 3 N–H and O–H groups in total. The van der Waals surface area contributed by atoms with Crippen LogP contribution in [-0.4, -0.2) is 50.1 Å². The molecule has 1 aliphatic rings. The van der Waals surface area contributed by atoms with Gasteiger partial charge in [0.05, 0.1) is 0 Å². The van der Waals surface area contributed by atoms with E-state index >= 15 is 0 Å².